The summed E-state index contributed by atoms with van der Waals surface area (Å²) in [5.74, 6) is -0.203. The van der Waals surface area contributed by atoms with E-state index >= 15 is 0 Å². The lowest BCUT2D eigenvalue weighted by atomic mass is 10.0. The van der Waals surface area contributed by atoms with Crippen LogP contribution in [0.3, 0.4) is 0 Å². The molecule has 1 aliphatic rings. The molecule has 0 fully saturated rings. The molecular formula is C15H17NO2. The van der Waals surface area contributed by atoms with Crippen LogP contribution in [0.4, 0.5) is 0 Å². The highest BCUT2D eigenvalue weighted by Gasteiger charge is 2.43. The second-order valence-corrected chi connectivity index (χ2v) is 5.60. The van der Waals surface area contributed by atoms with Gasteiger partial charge in [0.1, 0.15) is 5.60 Å². The molecule has 0 bridgehead atoms. The Labute approximate surface area is 106 Å². The first-order valence-corrected chi connectivity index (χ1v) is 6.30. The van der Waals surface area contributed by atoms with Crippen LogP contribution in [0, 0.1) is 0 Å². The zero-order valence-corrected chi connectivity index (χ0v) is 11.2. The van der Waals surface area contributed by atoms with E-state index < -0.39 is 5.60 Å². The molecular weight excluding hydrogens is 226 g/mol. The molecule has 0 spiro atoms. The fourth-order valence-electron chi connectivity index (χ4n) is 2.93. The molecule has 2 aromatic rings. The molecule has 3 nitrogen and oxygen atoms in total. The fourth-order valence-corrected chi connectivity index (χ4v) is 2.93. The summed E-state index contributed by atoms with van der Waals surface area (Å²) in [5, 5.41) is 0.997. The van der Waals surface area contributed by atoms with Gasteiger partial charge in [-0.1, -0.05) is 18.2 Å². The molecule has 0 N–H and O–H groups in total. The number of benzene rings is 1. The molecule has 0 unspecified atom stereocenters. The Hall–Kier alpha value is -1.77. The second-order valence-electron chi connectivity index (χ2n) is 5.60. The number of fused-ring (bicyclic) bond motifs is 3. The third kappa shape index (κ3) is 1.27. The van der Waals surface area contributed by atoms with Crippen molar-refractivity contribution in [2.24, 2.45) is 0 Å². The normalized spacial score (nSPS) is 17.3. The minimum atomic E-state index is -0.546. The van der Waals surface area contributed by atoms with Gasteiger partial charge in [-0.2, -0.15) is 0 Å². The molecule has 0 saturated carbocycles. The minimum Gasteiger partial charge on any atom is -0.450 e. The van der Waals surface area contributed by atoms with Crippen molar-refractivity contribution in [3.8, 4) is 0 Å². The van der Waals surface area contributed by atoms with Crippen molar-refractivity contribution in [2.75, 3.05) is 0 Å². The standard InChI is InChI=1S/C15H17NO2/c1-9(2)16-11-8-6-5-7-10(11)12-13(16)15(3,4)18-14(12)17/h5-9H,1-4H3. The Balaban J connectivity index is 2.50. The van der Waals surface area contributed by atoms with Gasteiger partial charge >= 0.3 is 5.97 Å². The van der Waals surface area contributed by atoms with Crippen LogP contribution in [0.25, 0.3) is 10.9 Å². The van der Waals surface area contributed by atoms with E-state index in [9.17, 15) is 4.79 Å². The molecule has 0 radical (unpaired) electrons. The van der Waals surface area contributed by atoms with Crippen LogP contribution >= 0.6 is 0 Å². The Kier molecular flexibility index (Phi) is 2.12. The van der Waals surface area contributed by atoms with E-state index in [1.807, 2.05) is 32.0 Å². The molecule has 0 aliphatic carbocycles. The first kappa shape index (κ1) is 11.3. The number of para-hydroxylation sites is 1. The number of rotatable bonds is 1. The molecule has 94 valence electrons. The largest absolute Gasteiger partial charge is 0.450 e. The van der Waals surface area contributed by atoms with Gasteiger partial charge in [-0.15, -0.1) is 0 Å². The second kappa shape index (κ2) is 3.37. The summed E-state index contributed by atoms with van der Waals surface area (Å²) in [6.07, 6.45) is 0. The maximum absolute atomic E-state index is 12.1. The Morgan fingerprint density at radius 2 is 1.89 bits per heavy atom. The monoisotopic (exact) mass is 243 g/mol. The SMILES string of the molecule is CC(C)n1c2c(c3ccccc31)C(=O)OC2(C)C. The van der Waals surface area contributed by atoms with Crippen LogP contribution in [-0.2, 0) is 10.3 Å². The lowest BCUT2D eigenvalue weighted by Gasteiger charge is -2.23. The number of cyclic esters (lactones) is 1. The van der Waals surface area contributed by atoms with Gasteiger partial charge in [-0.3, -0.25) is 0 Å². The van der Waals surface area contributed by atoms with E-state index in [4.69, 9.17) is 4.74 Å². The van der Waals surface area contributed by atoms with E-state index in [0.717, 1.165) is 22.2 Å². The lowest BCUT2D eigenvalue weighted by Crippen LogP contribution is -2.22. The quantitative estimate of drug-likeness (QED) is 0.716. The van der Waals surface area contributed by atoms with Crippen molar-refractivity contribution in [2.45, 2.75) is 39.3 Å². The van der Waals surface area contributed by atoms with Crippen LogP contribution in [-0.4, -0.2) is 10.5 Å². The molecule has 3 rings (SSSR count). The average molecular weight is 243 g/mol. The predicted molar refractivity (Wildman–Crippen MR) is 70.8 cm³/mol. The van der Waals surface area contributed by atoms with Gasteiger partial charge in [0.05, 0.1) is 11.3 Å². The van der Waals surface area contributed by atoms with Crippen molar-refractivity contribution in [1.29, 1.82) is 0 Å². The summed E-state index contributed by atoms with van der Waals surface area (Å²) < 4.78 is 7.72. The third-order valence-corrected chi connectivity index (χ3v) is 3.55. The highest BCUT2D eigenvalue weighted by molar-refractivity contribution is 6.08. The van der Waals surface area contributed by atoms with Crippen molar-refractivity contribution in [3.05, 3.63) is 35.5 Å². The third-order valence-electron chi connectivity index (χ3n) is 3.55. The van der Waals surface area contributed by atoms with E-state index in [1.165, 1.54) is 0 Å². The number of hydrogen-bond acceptors (Lipinski definition) is 2. The van der Waals surface area contributed by atoms with Gasteiger partial charge in [-0.05, 0) is 33.8 Å². The zero-order valence-electron chi connectivity index (χ0n) is 11.2. The smallest absolute Gasteiger partial charge is 0.341 e. The summed E-state index contributed by atoms with van der Waals surface area (Å²) in [6.45, 7) is 8.17. The number of nitrogens with zero attached hydrogens (tertiary/aromatic N) is 1. The number of carbonyl (C=O) groups is 1. The zero-order chi connectivity index (χ0) is 13.1. The number of aromatic nitrogens is 1. The molecule has 3 heteroatoms. The van der Waals surface area contributed by atoms with E-state index in [-0.39, 0.29) is 5.97 Å². The maximum Gasteiger partial charge on any atom is 0.341 e. The number of ether oxygens (including phenoxy) is 1. The molecule has 1 aromatic carbocycles. The Morgan fingerprint density at radius 1 is 1.22 bits per heavy atom. The predicted octanol–water partition coefficient (Wildman–Crippen LogP) is 3.63. The van der Waals surface area contributed by atoms with Gasteiger partial charge in [0.25, 0.3) is 0 Å². The van der Waals surface area contributed by atoms with Crippen molar-refractivity contribution >= 4 is 16.9 Å². The van der Waals surface area contributed by atoms with Crippen molar-refractivity contribution in [3.63, 3.8) is 0 Å². The molecule has 2 heterocycles. The first-order valence-electron chi connectivity index (χ1n) is 6.30. The summed E-state index contributed by atoms with van der Waals surface area (Å²) in [7, 11) is 0. The van der Waals surface area contributed by atoms with Crippen LogP contribution in [0.5, 0.6) is 0 Å². The summed E-state index contributed by atoms with van der Waals surface area (Å²) in [4.78, 5) is 12.1. The van der Waals surface area contributed by atoms with Gasteiger partial charge in [0, 0.05) is 16.9 Å². The van der Waals surface area contributed by atoms with E-state index in [1.54, 1.807) is 0 Å². The van der Waals surface area contributed by atoms with Gasteiger partial charge in [-0.25, -0.2) is 4.79 Å². The highest BCUT2D eigenvalue weighted by Crippen LogP contribution is 2.43. The van der Waals surface area contributed by atoms with E-state index in [0.29, 0.717) is 6.04 Å². The number of esters is 1. The maximum atomic E-state index is 12.1. The number of carbonyl (C=O) groups excluding carboxylic acids is 1. The molecule has 1 aliphatic heterocycles. The van der Waals surface area contributed by atoms with Crippen molar-refractivity contribution < 1.29 is 9.53 Å². The minimum absolute atomic E-state index is 0.203. The Morgan fingerprint density at radius 3 is 2.56 bits per heavy atom. The topological polar surface area (TPSA) is 31.2 Å². The lowest BCUT2D eigenvalue weighted by molar-refractivity contribution is 0.00685. The summed E-state index contributed by atoms with van der Waals surface area (Å²) in [5.41, 5.74) is 2.31. The van der Waals surface area contributed by atoms with Gasteiger partial charge < -0.3 is 9.30 Å². The van der Waals surface area contributed by atoms with Crippen LogP contribution in [0.1, 0.15) is 49.8 Å². The molecule has 18 heavy (non-hydrogen) atoms. The van der Waals surface area contributed by atoms with Crippen LogP contribution in [0.15, 0.2) is 24.3 Å². The first-order chi connectivity index (χ1) is 8.43. The van der Waals surface area contributed by atoms with Gasteiger partial charge in [0.2, 0.25) is 0 Å². The highest BCUT2D eigenvalue weighted by atomic mass is 16.6. The Bertz CT molecular complexity index is 650. The molecule has 0 atom stereocenters. The average Bonchev–Trinajstić information content (AvgIpc) is 2.73. The van der Waals surface area contributed by atoms with Crippen molar-refractivity contribution in [1.82, 2.24) is 4.57 Å². The number of hydrogen-bond donors (Lipinski definition) is 0. The summed E-state index contributed by atoms with van der Waals surface area (Å²) in [6, 6.07) is 8.33. The molecule has 0 saturated heterocycles. The fraction of sp³-hybridized carbons (Fsp3) is 0.400. The molecule has 0 amide bonds. The molecule has 1 aromatic heterocycles. The van der Waals surface area contributed by atoms with Crippen LogP contribution in [0.2, 0.25) is 0 Å². The van der Waals surface area contributed by atoms with Gasteiger partial charge in [0.15, 0.2) is 0 Å². The summed E-state index contributed by atoms with van der Waals surface area (Å²) >= 11 is 0. The van der Waals surface area contributed by atoms with Crippen LogP contribution < -0.4 is 0 Å². The van der Waals surface area contributed by atoms with E-state index in [2.05, 4.69) is 24.5 Å².